The number of nitrogens with one attached hydrogen (secondary N) is 1. The summed E-state index contributed by atoms with van der Waals surface area (Å²) in [4.78, 5) is 9.22. The predicted octanol–water partition coefficient (Wildman–Crippen LogP) is 1.67. The zero-order chi connectivity index (χ0) is 16.8. The van der Waals surface area contributed by atoms with Gasteiger partial charge in [-0.3, -0.25) is 0 Å². The molecule has 1 aromatic carbocycles. The molecule has 2 saturated heterocycles. The summed E-state index contributed by atoms with van der Waals surface area (Å²) in [6.07, 6.45) is 0.584. The van der Waals surface area contributed by atoms with Gasteiger partial charge in [-0.15, -0.1) is 24.0 Å². The van der Waals surface area contributed by atoms with Crippen LogP contribution in [0.15, 0.2) is 29.3 Å². The number of likely N-dealkylation sites (tertiary alicyclic amines) is 1. The van der Waals surface area contributed by atoms with Crippen LogP contribution in [0.5, 0.6) is 0 Å². The van der Waals surface area contributed by atoms with E-state index in [1.54, 1.807) is 0 Å². The summed E-state index contributed by atoms with van der Waals surface area (Å²) in [5, 5.41) is 13.0. The first-order valence-corrected chi connectivity index (χ1v) is 8.89. The summed E-state index contributed by atoms with van der Waals surface area (Å²) < 4.78 is 5.40. The summed E-state index contributed by atoms with van der Waals surface area (Å²) in [7, 11) is 0. The van der Waals surface area contributed by atoms with E-state index in [2.05, 4.69) is 46.3 Å². The van der Waals surface area contributed by atoms with Crippen LogP contribution >= 0.6 is 24.0 Å². The number of morpholine rings is 1. The van der Waals surface area contributed by atoms with Crippen LogP contribution in [0, 0.1) is 0 Å². The van der Waals surface area contributed by atoms with Crippen molar-refractivity contribution in [3.8, 4) is 0 Å². The van der Waals surface area contributed by atoms with Gasteiger partial charge in [0.15, 0.2) is 5.96 Å². The molecule has 0 spiro atoms. The largest absolute Gasteiger partial charge is 0.391 e. The maximum absolute atomic E-state index is 9.72. The minimum atomic E-state index is -0.235. The molecular weight excluding hydrogens is 431 g/mol. The van der Waals surface area contributed by atoms with Crippen molar-refractivity contribution in [1.82, 2.24) is 10.2 Å². The highest BCUT2D eigenvalue weighted by atomic mass is 127. The van der Waals surface area contributed by atoms with Crippen molar-refractivity contribution in [3.63, 3.8) is 0 Å². The molecule has 0 aromatic heterocycles. The van der Waals surface area contributed by atoms with Gasteiger partial charge in [0, 0.05) is 38.4 Å². The Balaban J connectivity index is 0.00000225. The molecule has 2 aliphatic rings. The van der Waals surface area contributed by atoms with Crippen LogP contribution in [0.1, 0.15) is 18.9 Å². The van der Waals surface area contributed by atoms with E-state index in [9.17, 15) is 5.11 Å². The highest BCUT2D eigenvalue weighted by Crippen LogP contribution is 2.17. The summed E-state index contributed by atoms with van der Waals surface area (Å²) >= 11 is 0. The van der Waals surface area contributed by atoms with E-state index in [1.807, 2.05) is 0 Å². The van der Waals surface area contributed by atoms with Gasteiger partial charge >= 0.3 is 0 Å². The minimum absolute atomic E-state index is 0. The predicted molar refractivity (Wildman–Crippen MR) is 112 cm³/mol. The van der Waals surface area contributed by atoms with Crippen LogP contribution < -0.4 is 10.2 Å². The molecule has 2 fully saturated rings. The molecule has 0 unspecified atom stereocenters. The lowest BCUT2D eigenvalue weighted by molar-refractivity contribution is 0.122. The molecule has 0 bridgehead atoms. The van der Waals surface area contributed by atoms with E-state index in [-0.39, 0.29) is 30.1 Å². The highest BCUT2D eigenvalue weighted by Gasteiger charge is 2.22. The molecule has 0 saturated carbocycles. The van der Waals surface area contributed by atoms with Crippen LogP contribution in [-0.4, -0.2) is 68.0 Å². The fraction of sp³-hybridized carbons (Fsp3) is 0.611. The van der Waals surface area contributed by atoms with Crippen LogP contribution in [-0.2, 0) is 11.3 Å². The molecule has 6 nitrogen and oxygen atoms in total. The standard InChI is InChI=1S/C18H28N4O2.HI/c1-2-19-18(22-8-7-17(23)14-22)20-13-15-3-5-16(6-4-15)21-9-11-24-12-10-21;/h3-6,17,23H,2,7-14H2,1H3,(H,19,20);1H/t17-;/m1./s1. The maximum Gasteiger partial charge on any atom is 0.194 e. The van der Waals surface area contributed by atoms with Crippen LogP contribution in [0.25, 0.3) is 0 Å². The summed E-state index contributed by atoms with van der Waals surface area (Å²) in [5.74, 6) is 0.895. The van der Waals surface area contributed by atoms with Gasteiger partial charge in [-0.2, -0.15) is 0 Å². The number of hydrogen-bond acceptors (Lipinski definition) is 4. The number of nitrogens with zero attached hydrogens (tertiary/aromatic N) is 3. The zero-order valence-electron chi connectivity index (χ0n) is 14.9. The Labute approximate surface area is 167 Å². The molecule has 0 radical (unpaired) electrons. The van der Waals surface area contributed by atoms with Gasteiger partial charge in [-0.1, -0.05) is 12.1 Å². The van der Waals surface area contributed by atoms with Gasteiger partial charge in [0.25, 0.3) is 0 Å². The molecular formula is C18H29IN4O2. The number of rotatable bonds is 4. The number of anilines is 1. The molecule has 25 heavy (non-hydrogen) atoms. The van der Waals surface area contributed by atoms with Gasteiger partial charge in [0.05, 0.1) is 25.9 Å². The van der Waals surface area contributed by atoms with Crippen molar-refractivity contribution < 1.29 is 9.84 Å². The average molecular weight is 460 g/mol. The molecule has 140 valence electrons. The number of ether oxygens (including phenoxy) is 1. The smallest absolute Gasteiger partial charge is 0.194 e. The highest BCUT2D eigenvalue weighted by molar-refractivity contribution is 14.0. The van der Waals surface area contributed by atoms with Gasteiger partial charge in [0.1, 0.15) is 0 Å². The van der Waals surface area contributed by atoms with E-state index in [0.29, 0.717) is 13.1 Å². The van der Waals surface area contributed by atoms with E-state index >= 15 is 0 Å². The van der Waals surface area contributed by atoms with Crippen molar-refractivity contribution in [2.75, 3.05) is 50.8 Å². The lowest BCUT2D eigenvalue weighted by Gasteiger charge is -2.28. The average Bonchev–Trinajstić information content (AvgIpc) is 3.06. The molecule has 2 aliphatic heterocycles. The normalized spacial score (nSPS) is 21.2. The van der Waals surface area contributed by atoms with Crippen molar-refractivity contribution in [1.29, 1.82) is 0 Å². The number of benzene rings is 1. The van der Waals surface area contributed by atoms with E-state index in [0.717, 1.165) is 51.8 Å². The second-order valence-corrected chi connectivity index (χ2v) is 6.32. The number of β-amino-alcohol motifs (C(OH)–C–C–N with tert-alkyl or cyclic N) is 1. The second kappa shape index (κ2) is 10.2. The van der Waals surface area contributed by atoms with Gasteiger partial charge in [-0.25, -0.2) is 4.99 Å². The SMILES string of the molecule is CCNC(=NCc1ccc(N2CCOCC2)cc1)N1CC[C@@H](O)C1.I. The van der Waals surface area contributed by atoms with Crippen LogP contribution in [0.4, 0.5) is 5.69 Å². The number of aliphatic hydroxyl groups is 1. The lowest BCUT2D eigenvalue weighted by atomic mass is 10.2. The zero-order valence-corrected chi connectivity index (χ0v) is 17.2. The Morgan fingerprint density at radius 2 is 1.96 bits per heavy atom. The molecule has 2 N–H and O–H groups in total. The first kappa shape index (κ1) is 20.3. The number of guanidine groups is 1. The summed E-state index contributed by atoms with van der Waals surface area (Å²) in [6.45, 7) is 8.61. The summed E-state index contributed by atoms with van der Waals surface area (Å²) in [6, 6.07) is 8.64. The second-order valence-electron chi connectivity index (χ2n) is 6.32. The Kier molecular flexibility index (Phi) is 8.25. The lowest BCUT2D eigenvalue weighted by Crippen LogP contribution is -2.40. The van der Waals surface area contributed by atoms with Gasteiger partial charge in [0.2, 0.25) is 0 Å². The molecule has 1 atom stereocenters. The Morgan fingerprint density at radius 3 is 2.56 bits per heavy atom. The first-order valence-electron chi connectivity index (χ1n) is 8.89. The van der Waals surface area contributed by atoms with E-state index in [4.69, 9.17) is 9.73 Å². The fourth-order valence-electron chi connectivity index (χ4n) is 3.16. The molecule has 1 aromatic rings. The molecule has 7 heteroatoms. The minimum Gasteiger partial charge on any atom is -0.391 e. The topological polar surface area (TPSA) is 60.3 Å². The third-order valence-corrected chi connectivity index (χ3v) is 4.52. The van der Waals surface area contributed by atoms with Crippen molar-refractivity contribution in [2.24, 2.45) is 4.99 Å². The number of hydrogen-bond donors (Lipinski definition) is 2. The molecule has 0 amide bonds. The van der Waals surface area contributed by atoms with Gasteiger partial charge < -0.3 is 25.0 Å². The van der Waals surface area contributed by atoms with Crippen molar-refractivity contribution in [2.45, 2.75) is 26.0 Å². The van der Waals surface area contributed by atoms with Crippen LogP contribution in [0.3, 0.4) is 0 Å². The fourth-order valence-corrected chi connectivity index (χ4v) is 3.16. The molecule has 2 heterocycles. The quantitative estimate of drug-likeness (QED) is 0.407. The molecule has 0 aliphatic carbocycles. The molecule has 3 rings (SSSR count). The Morgan fingerprint density at radius 1 is 1.24 bits per heavy atom. The van der Waals surface area contributed by atoms with Crippen LogP contribution in [0.2, 0.25) is 0 Å². The Bertz CT molecular complexity index is 547. The van der Waals surface area contributed by atoms with Crippen molar-refractivity contribution >= 4 is 35.6 Å². The Hall–Kier alpha value is -1.06. The number of aliphatic imine (C=N–C) groups is 1. The van der Waals surface area contributed by atoms with Gasteiger partial charge in [-0.05, 0) is 31.0 Å². The van der Waals surface area contributed by atoms with E-state index in [1.165, 1.54) is 11.3 Å². The van der Waals surface area contributed by atoms with E-state index < -0.39 is 0 Å². The number of aliphatic hydroxyl groups excluding tert-OH is 1. The third kappa shape index (κ3) is 5.72. The number of halogens is 1. The summed E-state index contributed by atoms with van der Waals surface area (Å²) in [5.41, 5.74) is 2.45. The monoisotopic (exact) mass is 460 g/mol. The maximum atomic E-state index is 9.72. The van der Waals surface area contributed by atoms with Crippen molar-refractivity contribution in [3.05, 3.63) is 29.8 Å². The third-order valence-electron chi connectivity index (χ3n) is 4.52. The first-order chi connectivity index (χ1) is 11.8.